The Hall–Kier alpha value is -6.65. The van der Waals surface area contributed by atoms with Crippen molar-refractivity contribution in [2.45, 2.75) is 19.3 Å². The normalized spacial score (nSPS) is 13.3. The lowest BCUT2D eigenvalue weighted by atomic mass is 9.81. The molecule has 52 heavy (non-hydrogen) atoms. The number of nitrogens with zero attached hydrogens (tertiary/aromatic N) is 4. The average Bonchev–Trinajstić information content (AvgIpc) is 3.66. The monoisotopic (exact) mass is 664 g/mol. The first-order chi connectivity index (χ1) is 25.6. The van der Waals surface area contributed by atoms with E-state index in [0.29, 0.717) is 17.6 Å². The van der Waals surface area contributed by atoms with Crippen molar-refractivity contribution in [2.24, 2.45) is 0 Å². The lowest BCUT2D eigenvalue weighted by molar-refractivity contribution is 0.661. The number of benzene rings is 8. The summed E-state index contributed by atoms with van der Waals surface area (Å²) in [5.74, 6) is 1.88. The van der Waals surface area contributed by atoms with Gasteiger partial charge in [0.2, 0.25) is 5.95 Å². The molecule has 2 heterocycles. The molecule has 0 fully saturated rings. The van der Waals surface area contributed by atoms with Crippen LogP contribution in [0.1, 0.15) is 25.0 Å². The molecule has 0 saturated heterocycles. The molecule has 10 aromatic rings. The zero-order valence-corrected chi connectivity index (χ0v) is 28.8. The first kappa shape index (κ1) is 29.1. The molecule has 1 aliphatic rings. The van der Waals surface area contributed by atoms with E-state index >= 15 is 0 Å². The number of hydrogen-bond acceptors (Lipinski definition) is 3. The molecule has 2 aromatic heterocycles. The number of para-hydroxylation sites is 1. The van der Waals surface area contributed by atoms with Crippen molar-refractivity contribution in [2.75, 3.05) is 0 Å². The van der Waals surface area contributed by atoms with E-state index in [9.17, 15) is 0 Å². The van der Waals surface area contributed by atoms with Gasteiger partial charge in [-0.15, -0.1) is 0 Å². The van der Waals surface area contributed by atoms with E-state index in [-0.39, 0.29) is 5.41 Å². The summed E-state index contributed by atoms with van der Waals surface area (Å²) in [7, 11) is 0. The molecule has 0 saturated carbocycles. The largest absolute Gasteiger partial charge is 0.277 e. The minimum Gasteiger partial charge on any atom is -0.277 e. The Labute approximate surface area is 300 Å². The van der Waals surface area contributed by atoms with Gasteiger partial charge in [-0.1, -0.05) is 153 Å². The zero-order chi connectivity index (χ0) is 34.6. The Morgan fingerprint density at radius 1 is 0.423 bits per heavy atom. The highest BCUT2D eigenvalue weighted by molar-refractivity contribution is 6.33. The highest BCUT2D eigenvalue weighted by atomic mass is 15.2. The Morgan fingerprint density at radius 3 is 1.71 bits per heavy atom. The van der Waals surface area contributed by atoms with Gasteiger partial charge in [0.05, 0.1) is 11.0 Å². The van der Waals surface area contributed by atoms with Gasteiger partial charge in [-0.05, 0) is 67.4 Å². The van der Waals surface area contributed by atoms with Crippen LogP contribution in [0.5, 0.6) is 0 Å². The first-order valence-electron chi connectivity index (χ1n) is 17.9. The Bertz CT molecular complexity index is 3030. The van der Waals surface area contributed by atoms with E-state index in [1.165, 1.54) is 60.0 Å². The van der Waals surface area contributed by atoms with E-state index in [1.54, 1.807) is 0 Å². The Morgan fingerprint density at radius 2 is 0.981 bits per heavy atom. The summed E-state index contributed by atoms with van der Waals surface area (Å²) in [5.41, 5.74) is 9.37. The van der Waals surface area contributed by atoms with Crippen LogP contribution >= 0.6 is 0 Å². The smallest absolute Gasteiger partial charge is 0.238 e. The summed E-state index contributed by atoms with van der Waals surface area (Å²) >= 11 is 0. The van der Waals surface area contributed by atoms with Gasteiger partial charge >= 0.3 is 0 Å². The summed E-state index contributed by atoms with van der Waals surface area (Å²) in [5, 5.41) is 9.75. The molecule has 11 rings (SSSR count). The maximum Gasteiger partial charge on any atom is 0.238 e. The van der Waals surface area contributed by atoms with Crippen molar-refractivity contribution >= 4 is 54.1 Å². The van der Waals surface area contributed by atoms with Crippen LogP contribution in [-0.4, -0.2) is 19.5 Å². The summed E-state index contributed by atoms with van der Waals surface area (Å²) in [6.45, 7) is 4.72. The van der Waals surface area contributed by atoms with Crippen LogP contribution in [0.4, 0.5) is 0 Å². The zero-order valence-electron chi connectivity index (χ0n) is 28.8. The van der Waals surface area contributed by atoms with Crippen molar-refractivity contribution < 1.29 is 0 Å². The minimum atomic E-state index is -0.107. The molecular formula is C48H32N4. The van der Waals surface area contributed by atoms with Crippen molar-refractivity contribution in [3.8, 4) is 39.9 Å². The van der Waals surface area contributed by atoms with Gasteiger partial charge in [-0.2, -0.15) is 9.97 Å². The molecule has 0 amide bonds. The highest BCUT2D eigenvalue weighted by Crippen LogP contribution is 2.52. The Balaban J connectivity index is 1.31. The molecule has 0 N–H and O–H groups in total. The van der Waals surface area contributed by atoms with Crippen LogP contribution in [0.15, 0.2) is 158 Å². The predicted octanol–water partition coefficient (Wildman–Crippen LogP) is 12.1. The van der Waals surface area contributed by atoms with Gasteiger partial charge < -0.3 is 0 Å². The first-order valence-corrected chi connectivity index (χ1v) is 17.9. The standard InChI is InChI=1S/C48H32N4/c1-48(2)40-23-13-11-20-32(40)39-27-37-31-19-9-10-22-34(31)43-35(38(37)28-41(39)48)25-26-36-33-21-12-14-24-42(33)52(44(36)43)47-50-45(29-15-5-3-6-16-29)49-46(51-47)30-17-7-4-8-18-30/h3-28H,1-2H3. The maximum atomic E-state index is 5.25. The van der Waals surface area contributed by atoms with Crippen LogP contribution in [-0.2, 0) is 5.41 Å². The van der Waals surface area contributed by atoms with Crippen molar-refractivity contribution in [3.63, 3.8) is 0 Å². The second-order valence-corrected chi connectivity index (χ2v) is 14.4. The van der Waals surface area contributed by atoms with Crippen molar-refractivity contribution in [1.82, 2.24) is 19.5 Å². The number of hydrogen-bond donors (Lipinski definition) is 0. The molecule has 244 valence electrons. The molecule has 1 aliphatic carbocycles. The molecule has 0 spiro atoms. The van der Waals surface area contributed by atoms with Gasteiger partial charge in [0, 0.05) is 32.7 Å². The molecule has 0 aliphatic heterocycles. The van der Waals surface area contributed by atoms with Gasteiger partial charge in [-0.3, -0.25) is 4.57 Å². The molecule has 4 heteroatoms. The van der Waals surface area contributed by atoms with Crippen LogP contribution in [0.25, 0.3) is 94.0 Å². The quantitative estimate of drug-likeness (QED) is 0.177. The van der Waals surface area contributed by atoms with E-state index in [0.717, 1.165) is 27.5 Å². The number of aromatic nitrogens is 4. The second kappa shape index (κ2) is 10.7. The van der Waals surface area contributed by atoms with Crippen molar-refractivity contribution in [3.05, 3.63) is 169 Å². The molecule has 4 nitrogen and oxygen atoms in total. The third-order valence-electron chi connectivity index (χ3n) is 11.2. The fraction of sp³-hybridized carbons (Fsp3) is 0.0625. The van der Waals surface area contributed by atoms with Crippen molar-refractivity contribution in [1.29, 1.82) is 0 Å². The average molecular weight is 665 g/mol. The Kier molecular flexibility index (Phi) is 5.98. The second-order valence-electron chi connectivity index (χ2n) is 14.4. The lowest BCUT2D eigenvalue weighted by Gasteiger charge is -2.22. The predicted molar refractivity (Wildman–Crippen MR) is 215 cm³/mol. The van der Waals surface area contributed by atoms with E-state index in [1.807, 2.05) is 36.4 Å². The highest BCUT2D eigenvalue weighted by Gasteiger charge is 2.36. The number of rotatable bonds is 3. The molecule has 0 radical (unpaired) electrons. The summed E-state index contributed by atoms with van der Waals surface area (Å²) in [6.07, 6.45) is 0. The molecule has 0 unspecified atom stereocenters. The summed E-state index contributed by atoms with van der Waals surface area (Å²) in [6, 6.07) is 56.4. The lowest BCUT2D eigenvalue weighted by Crippen LogP contribution is -2.14. The van der Waals surface area contributed by atoms with E-state index in [4.69, 9.17) is 15.0 Å². The third-order valence-corrected chi connectivity index (χ3v) is 11.2. The molecule has 0 bridgehead atoms. The third kappa shape index (κ3) is 4.00. The fourth-order valence-corrected chi connectivity index (χ4v) is 8.79. The van der Waals surface area contributed by atoms with Crippen LogP contribution in [0.2, 0.25) is 0 Å². The number of fused-ring (bicyclic) bond motifs is 13. The van der Waals surface area contributed by atoms with Gasteiger partial charge in [0.15, 0.2) is 11.6 Å². The van der Waals surface area contributed by atoms with Crippen LogP contribution in [0.3, 0.4) is 0 Å². The maximum absolute atomic E-state index is 5.25. The van der Waals surface area contributed by atoms with Crippen LogP contribution in [0, 0.1) is 0 Å². The van der Waals surface area contributed by atoms with Gasteiger partial charge in [-0.25, -0.2) is 4.98 Å². The topological polar surface area (TPSA) is 43.6 Å². The van der Waals surface area contributed by atoms with E-state index < -0.39 is 0 Å². The fourth-order valence-electron chi connectivity index (χ4n) is 8.79. The molecule has 0 atom stereocenters. The molecular weight excluding hydrogens is 633 g/mol. The minimum absolute atomic E-state index is 0.107. The van der Waals surface area contributed by atoms with Gasteiger partial charge in [0.25, 0.3) is 0 Å². The SMILES string of the molecule is CC1(C)c2ccccc2-c2cc3c4ccccc4c4c(ccc5c6ccccc6n(-c6nc(-c7ccccc7)nc(-c7ccccc7)n6)c54)c3cc21. The summed E-state index contributed by atoms with van der Waals surface area (Å²) < 4.78 is 2.28. The van der Waals surface area contributed by atoms with Crippen LogP contribution < -0.4 is 0 Å². The van der Waals surface area contributed by atoms with E-state index in [2.05, 4.69) is 140 Å². The summed E-state index contributed by atoms with van der Waals surface area (Å²) in [4.78, 5) is 15.5. The van der Waals surface area contributed by atoms with Gasteiger partial charge in [0.1, 0.15) is 0 Å². The molecule has 8 aromatic carbocycles.